The van der Waals surface area contributed by atoms with E-state index in [9.17, 15) is 22.0 Å². The molecule has 0 bridgehead atoms. The fourth-order valence-electron chi connectivity index (χ4n) is 2.70. The van der Waals surface area contributed by atoms with Crippen molar-refractivity contribution in [3.63, 3.8) is 0 Å². The first-order valence-corrected chi connectivity index (χ1v) is 7.76. The Morgan fingerprint density at radius 2 is 1.88 bits per heavy atom. The van der Waals surface area contributed by atoms with Crippen LogP contribution in [0.1, 0.15) is 37.1 Å². The van der Waals surface area contributed by atoms with Gasteiger partial charge in [-0.25, -0.2) is 18.4 Å². The van der Waals surface area contributed by atoms with Gasteiger partial charge in [0.1, 0.15) is 0 Å². The van der Waals surface area contributed by atoms with Crippen LogP contribution in [0.4, 0.5) is 27.9 Å². The van der Waals surface area contributed by atoms with E-state index in [2.05, 4.69) is 20.4 Å². The van der Waals surface area contributed by atoms with Crippen LogP contribution in [0.2, 0.25) is 0 Å². The molecule has 0 unspecified atom stereocenters. The molecule has 2 heterocycles. The van der Waals surface area contributed by atoms with Crippen molar-refractivity contribution in [1.82, 2.24) is 19.7 Å². The smallest absolute Gasteiger partial charge is 0.351 e. The van der Waals surface area contributed by atoms with Crippen molar-refractivity contribution in [2.75, 3.05) is 5.32 Å². The van der Waals surface area contributed by atoms with Gasteiger partial charge in [0.25, 0.3) is 0 Å². The van der Waals surface area contributed by atoms with Gasteiger partial charge in [0.05, 0.1) is 0 Å². The Labute approximate surface area is 140 Å². The van der Waals surface area contributed by atoms with Crippen LogP contribution in [0.3, 0.4) is 0 Å². The Hall–Kier alpha value is -2.26. The maximum absolute atomic E-state index is 13.2. The average Bonchev–Trinajstić information content (AvgIpc) is 2.99. The van der Waals surface area contributed by atoms with Crippen LogP contribution in [0.15, 0.2) is 18.3 Å². The monoisotopic (exact) mass is 361 g/mol. The van der Waals surface area contributed by atoms with Crippen LogP contribution < -0.4 is 5.32 Å². The number of hydrogen-bond acceptors (Lipinski definition) is 4. The van der Waals surface area contributed by atoms with E-state index < -0.39 is 17.8 Å². The van der Waals surface area contributed by atoms with Crippen molar-refractivity contribution in [3.8, 4) is 5.82 Å². The van der Waals surface area contributed by atoms with Gasteiger partial charge in [-0.15, -0.1) is 0 Å². The van der Waals surface area contributed by atoms with E-state index in [-0.39, 0.29) is 43.5 Å². The third-order valence-electron chi connectivity index (χ3n) is 4.01. The zero-order valence-electron chi connectivity index (χ0n) is 13.3. The molecule has 25 heavy (non-hydrogen) atoms. The molecule has 1 aliphatic rings. The third kappa shape index (κ3) is 4.23. The Morgan fingerprint density at radius 3 is 2.48 bits per heavy atom. The predicted octanol–water partition coefficient (Wildman–Crippen LogP) is 3.98. The molecule has 0 atom stereocenters. The van der Waals surface area contributed by atoms with E-state index in [0.717, 1.165) is 16.9 Å². The molecule has 0 amide bonds. The number of hydrogen-bond donors (Lipinski definition) is 1. The molecule has 136 valence electrons. The number of alkyl halides is 5. The van der Waals surface area contributed by atoms with E-state index >= 15 is 0 Å². The molecule has 2 aromatic rings. The summed E-state index contributed by atoms with van der Waals surface area (Å²) in [4.78, 5) is 8.33. The highest BCUT2D eigenvalue weighted by Gasteiger charge is 2.35. The molecular weight excluding hydrogens is 345 g/mol. The highest BCUT2D eigenvalue weighted by molar-refractivity contribution is 5.35. The average molecular weight is 361 g/mol. The van der Waals surface area contributed by atoms with Gasteiger partial charge >= 0.3 is 6.18 Å². The summed E-state index contributed by atoms with van der Waals surface area (Å²) in [5.74, 6) is -2.28. The quantitative estimate of drug-likeness (QED) is 0.841. The summed E-state index contributed by atoms with van der Waals surface area (Å²) < 4.78 is 65.4. The van der Waals surface area contributed by atoms with Crippen molar-refractivity contribution >= 4 is 5.95 Å². The summed E-state index contributed by atoms with van der Waals surface area (Å²) >= 11 is 0. The molecule has 1 aliphatic carbocycles. The molecule has 0 saturated heterocycles. The number of halogens is 5. The van der Waals surface area contributed by atoms with Gasteiger partial charge in [-0.05, 0) is 25.8 Å². The molecule has 1 N–H and O–H groups in total. The van der Waals surface area contributed by atoms with Crippen molar-refractivity contribution in [1.29, 1.82) is 0 Å². The number of nitrogens with zero attached hydrogens (tertiary/aromatic N) is 4. The molecule has 0 spiro atoms. The Kier molecular flexibility index (Phi) is 4.38. The fourth-order valence-corrected chi connectivity index (χ4v) is 2.70. The lowest BCUT2D eigenvalue weighted by Gasteiger charge is -2.28. The van der Waals surface area contributed by atoms with Crippen LogP contribution in [0.5, 0.6) is 0 Å². The van der Waals surface area contributed by atoms with Gasteiger partial charge in [-0.1, -0.05) is 0 Å². The second-order valence-corrected chi connectivity index (χ2v) is 6.11. The summed E-state index contributed by atoms with van der Waals surface area (Å²) in [7, 11) is 0. The van der Waals surface area contributed by atoms with Crippen LogP contribution >= 0.6 is 0 Å². The molecule has 0 radical (unpaired) electrons. The van der Waals surface area contributed by atoms with Crippen molar-refractivity contribution in [2.45, 2.75) is 50.7 Å². The number of anilines is 1. The zero-order valence-corrected chi connectivity index (χ0v) is 13.3. The Bertz CT molecular complexity index is 745. The van der Waals surface area contributed by atoms with Crippen LogP contribution in [0, 0.1) is 6.92 Å². The number of rotatable bonds is 3. The van der Waals surface area contributed by atoms with E-state index in [1.807, 2.05) is 0 Å². The van der Waals surface area contributed by atoms with Crippen molar-refractivity contribution < 1.29 is 22.0 Å². The molecule has 1 saturated carbocycles. The second-order valence-electron chi connectivity index (χ2n) is 6.11. The van der Waals surface area contributed by atoms with Crippen LogP contribution in [0.25, 0.3) is 5.82 Å². The van der Waals surface area contributed by atoms with Gasteiger partial charge in [0, 0.05) is 36.8 Å². The Balaban J connectivity index is 1.78. The second kappa shape index (κ2) is 6.23. The highest BCUT2D eigenvalue weighted by atomic mass is 19.4. The number of aryl methyl sites for hydroxylation is 1. The van der Waals surface area contributed by atoms with Gasteiger partial charge in [-0.3, -0.25) is 0 Å². The molecule has 0 aliphatic heterocycles. The van der Waals surface area contributed by atoms with Crippen LogP contribution in [-0.2, 0) is 6.18 Å². The molecule has 2 aromatic heterocycles. The third-order valence-corrected chi connectivity index (χ3v) is 4.01. The molecule has 0 aromatic carbocycles. The van der Waals surface area contributed by atoms with Crippen LogP contribution in [-0.4, -0.2) is 31.7 Å². The van der Waals surface area contributed by atoms with Crippen molar-refractivity contribution in [3.05, 3.63) is 29.7 Å². The normalized spacial score (nSPS) is 18.3. The number of aromatic nitrogens is 4. The largest absolute Gasteiger partial charge is 0.435 e. The topological polar surface area (TPSA) is 55.6 Å². The number of nitrogens with one attached hydrogen (secondary N) is 1. The van der Waals surface area contributed by atoms with Gasteiger partial charge in [0.15, 0.2) is 11.5 Å². The van der Waals surface area contributed by atoms with Gasteiger partial charge in [-0.2, -0.15) is 23.3 Å². The summed E-state index contributed by atoms with van der Waals surface area (Å²) in [5, 5.41) is 6.46. The van der Waals surface area contributed by atoms with E-state index in [4.69, 9.17) is 0 Å². The lowest BCUT2D eigenvalue weighted by atomic mass is 9.92. The first-order chi connectivity index (χ1) is 11.6. The van der Waals surface area contributed by atoms with Gasteiger partial charge < -0.3 is 5.32 Å². The fraction of sp³-hybridized carbons (Fsp3) is 0.533. The SMILES string of the molecule is Cc1cc(-n2ccc(C(F)(F)F)n2)nc(NC2CCC(F)(F)CC2)n1. The first-order valence-electron chi connectivity index (χ1n) is 7.76. The summed E-state index contributed by atoms with van der Waals surface area (Å²) in [5.41, 5.74) is -0.495. The van der Waals surface area contributed by atoms with E-state index in [1.165, 1.54) is 6.07 Å². The minimum absolute atomic E-state index is 0.173. The Morgan fingerprint density at radius 1 is 1.20 bits per heavy atom. The molecule has 5 nitrogen and oxygen atoms in total. The summed E-state index contributed by atoms with van der Waals surface area (Å²) in [6, 6.07) is 2.15. The molecule has 10 heteroatoms. The molecule has 3 rings (SSSR count). The standard InChI is InChI=1S/C15H16F5N5/c1-9-8-12(25-7-4-11(24-25)15(18,19)20)23-13(21-9)22-10-2-5-14(16,17)6-3-10/h4,7-8,10H,2-3,5-6H2,1H3,(H,21,22,23). The zero-order chi connectivity index (χ0) is 18.2. The lowest BCUT2D eigenvalue weighted by molar-refractivity contribution is -0.141. The maximum atomic E-state index is 13.2. The predicted molar refractivity (Wildman–Crippen MR) is 79.7 cm³/mol. The minimum atomic E-state index is -4.54. The first kappa shape index (κ1) is 17.6. The van der Waals surface area contributed by atoms with Crippen molar-refractivity contribution in [2.24, 2.45) is 0 Å². The molecular formula is C15H16F5N5. The summed E-state index contributed by atoms with van der Waals surface area (Å²) in [6.07, 6.45) is -3.24. The summed E-state index contributed by atoms with van der Waals surface area (Å²) in [6.45, 7) is 1.67. The highest BCUT2D eigenvalue weighted by Crippen LogP contribution is 2.34. The maximum Gasteiger partial charge on any atom is 0.435 e. The lowest BCUT2D eigenvalue weighted by Crippen LogP contribution is -2.32. The van der Waals surface area contributed by atoms with E-state index in [0.29, 0.717) is 5.69 Å². The van der Waals surface area contributed by atoms with E-state index in [1.54, 1.807) is 6.92 Å². The van der Waals surface area contributed by atoms with Gasteiger partial charge in [0.2, 0.25) is 11.9 Å². The molecule has 1 fully saturated rings. The minimum Gasteiger partial charge on any atom is -0.351 e.